The van der Waals surface area contributed by atoms with E-state index >= 15 is 0 Å². The van der Waals surface area contributed by atoms with Crippen molar-refractivity contribution in [2.45, 2.75) is 35.1 Å². The summed E-state index contributed by atoms with van der Waals surface area (Å²) in [5, 5.41) is 20.3. The number of fused-ring (bicyclic) bond motifs is 2. The lowest BCUT2D eigenvalue weighted by Crippen LogP contribution is -2.43. The van der Waals surface area contributed by atoms with Gasteiger partial charge in [-0.25, -0.2) is 4.79 Å². The average Bonchev–Trinajstić information content (AvgIpc) is 2.76. The number of nitrogens with zero attached hydrogens (tertiary/aromatic N) is 1. The molecule has 2 aromatic carbocycles. The topological polar surface area (TPSA) is 89.9 Å². The Morgan fingerprint density at radius 3 is 2.10 bits per heavy atom. The Bertz CT molecular complexity index is 947. The second-order valence-corrected chi connectivity index (χ2v) is 8.57. The van der Waals surface area contributed by atoms with Crippen LogP contribution in [-0.2, 0) is 4.79 Å². The lowest BCUT2D eigenvalue weighted by Gasteiger charge is -2.32. The zero-order valence-electron chi connectivity index (χ0n) is 16.5. The minimum atomic E-state index is -1.24. The van der Waals surface area contributed by atoms with Gasteiger partial charge >= 0.3 is 6.09 Å². The summed E-state index contributed by atoms with van der Waals surface area (Å²) in [5.41, 5.74) is 5.14. The summed E-state index contributed by atoms with van der Waals surface area (Å²) in [6, 6.07) is 16.1. The maximum Gasteiger partial charge on any atom is 0.404 e. The van der Waals surface area contributed by atoms with Gasteiger partial charge < -0.3 is 20.4 Å². The van der Waals surface area contributed by atoms with Crippen molar-refractivity contribution < 1.29 is 19.8 Å². The van der Waals surface area contributed by atoms with Gasteiger partial charge in [-0.05, 0) is 41.7 Å². The Morgan fingerprint density at radius 1 is 1.00 bits per heavy atom. The molecule has 7 heteroatoms. The van der Waals surface area contributed by atoms with Gasteiger partial charge in [0.1, 0.15) is 0 Å². The van der Waals surface area contributed by atoms with Crippen LogP contribution < -0.4 is 5.32 Å². The van der Waals surface area contributed by atoms with Crippen molar-refractivity contribution in [3.05, 3.63) is 65.2 Å². The van der Waals surface area contributed by atoms with Gasteiger partial charge in [0, 0.05) is 29.3 Å². The standard InChI is InChI=1S/C23H24N2O4S/c26-14-16(24-23(28)29)13-21(27)25-11-9-15(10-12-25)22-17-5-1-3-7-19(17)30-20-8-4-2-6-18(20)22/h1-8,16,24,26H,9-14H2,(H,28,29)/t16-/m1/s1. The van der Waals surface area contributed by atoms with E-state index in [0.717, 1.165) is 12.8 Å². The second-order valence-electron chi connectivity index (χ2n) is 7.49. The van der Waals surface area contributed by atoms with E-state index in [1.165, 1.54) is 32.1 Å². The van der Waals surface area contributed by atoms with E-state index in [1.54, 1.807) is 16.7 Å². The third-order valence-electron chi connectivity index (χ3n) is 5.57. The highest BCUT2D eigenvalue weighted by Crippen LogP contribution is 2.47. The first kappa shape index (κ1) is 20.5. The number of carboxylic acid groups (broad SMARTS) is 1. The molecule has 0 bridgehead atoms. The van der Waals surface area contributed by atoms with Gasteiger partial charge in [0.05, 0.1) is 12.6 Å². The molecule has 2 amide bonds. The van der Waals surface area contributed by atoms with Gasteiger partial charge in [0.2, 0.25) is 5.91 Å². The molecule has 0 unspecified atom stereocenters. The lowest BCUT2D eigenvalue weighted by atomic mass is 9.88. The van der Waals surface area contributed by atoms with Crippen molar-refractivity contribution in [3.8, 4) is 0 Å². The molecule has 6 nitrogen and oxygen atoms in total. The number of likely N-dealkylation sites (tertiary alicyclic amines) is 1. The molecule has 30 heavy (non-hydrogen) atoms. The summed E-state index contributed by atoms with van der Waals surface area (Å²) < 4.78 is 0. The summed E-state index contributed by atoms with van der Waals surface area (Å²) in [4.78, 5) is 27.7. The third kappa shape index (κ3) is 4.22. The largest absolute Gasteiger partial charge is 0.465 e. The van der Waals surface area contributed by atoms with E-state index in [0.29, 0.717) is 13.1 Å². The van der Waals surface area contributed by atoms with Gasteiger partial charge in [0.15, 0.2) is 0 Å². The van der Waals surface area contributed by atoms with Crippen LogP contribution in [0.25, 0.3) is 5.57 Å². The molecule has 0 saturated carbocycles. The molecule has 1 atom stereocenters. The Labute approximate surface area is 179 Å². The van der Waals surface area contributed by atoms with E-state index in [1.807, 2.05) is 0 Å². The van der Waals surface area contributed by atoms with E-state index in [-0.39, 0.29) is 12.3 Å². The van der Waals surface area contributed by atoms with Crippen molar-refractivity contribution >= 4 is 29.3 Å². The summed E-state index contributed by atoms with van der Waals surface area (Å²) in [5.74, 6) is -0.133. The van der Waals surface area contributed by atoms with Crippen LogP contribution in [0.15, 0.2) is 63.9 Å². The van der Waals surface area contributed by atoms with Crippen LogP contribution in [0.2, 0.25) is 0 Å². The molecule has 2 aromatic rings. The third-order valence-corrected chi connectivity index (χ3v) is 6.73. The Kier molecular flexibility index (Phi) is 6.11. The molecular weight excluding hydrogens is 400 g/mol. The second kappa shape index (κ2) is 8.93. The minimum Gasteiger partial charge on any atom is -0.465 e. The van der Waals surface area contributed by atoms with E-state index < -0.39 is 18.7 Å². The SMILES string of the molecule is O=C(O)N[C@@H](CO)CC(=O)N1CCC(=C2c3ccccc3Sc3ccccc32)CC1. The van der Waals surface area contributed by atoms with Crippen molar-refractivity contribution in [1.29, 1.82) is 0 Å². The van der Waals surface area contributed by atoms with Crippen molar-refractivity contribution in [2.75, 3.05) is 19.7 Å². The number of hydrogen-bond acceptors (Lipinski definition) is 4. The summed E-state index contributed by atoms with van der Waals surface area (Å²) >= 11 is 1.79. The van der Waals surface area contributed by atoms with Crippen LogP contribution in [0.4, 0.5) is 4.79 Å². The molecule has 0 aliphatic carbocycles. The summed E-state index contributed by atoms with van der Waals surface area (Å²) in [6.07, 6.45) is 0.298. The average molecular weight is 425 g/mol. The number of aliphatic hydroxyl groups excluding tert-OH is 1. The fourth-order valence-corrected chi connectivity index (χ4v) is 5.21. The number of carbonyl (C=O) groups is 2. The van der Waals surface area contributed by atoms with Gasteiger partial charge in [-0.1, -0.05) is 53.7 Å². The fraction of sp³-hybridized carbons (Fsp3) is 0.304. The highest BCUT2D eigenvalue weighted by molar-refractivity contribution is 7.99. The monoisotopic (exact) mass is 424 g/mol. The fourth-order valence-electron chi connectivity index (χ4n) is 4.12. The number of benzene rings is 2. The number of carbonyl (C=O) groups excluding carboxylic acids is 1. The first-order valence-electron chi connectivity index (χ1n) is 10.0. The van der Waals surface area contributed by atoms with Crippen LogP contribution in [-0.4, -0.2) is 52.9 Å². The molecule has 0 radical (unpaired) electrons. The van der Waals surface area contributed by atoms with Crippen molar-refractivity contribution in [2.24, 2.45) is 0 Å². The zero-order chi connectivity index (χ0) is 21.1. The van der Waals surface area contributed by atoms with Crippen LogP contribution in [0.3, 0.4) is 0 Å². The van der Waals surface area contributed by atoms with Gasteiger partial charge in [0.25, 0.3) is 0 Å². The minimum absolute atomic E-state index is 0.0307. The number of rotatable bonds is 4. The predicted octanol–water partition coefficient (Wildman–Crippen LogP) is 3.59. The molecule has 2 aliphatic heterocycles. The highest BCUT2D eigenvalue weighted by atomic mass is 32.2. The maximum atomic E-state index is 12.6. The smallest absolute Gasteiger partial charge is 0.404 e. The molecule has 1 saturated heterocycles. The number of nitrogens with one attached hydrogen (secondary N) is 1. The van der Waals surface area contributed by atoms with Crippen molar-refractivity contribution in [1.82, 2.24) is 10.2 Å². The molecule has 156 valence electrons. The van der Waals surface area contributed by atoms with Crippen LogP contribution in [0.5, 0.6) is 0 Å². The van der Waals surface area contributed by atoms with Gasteiger partial charge in [-0.3, -0.25) is 4.79 Å². The lowest BCUT2D eigenvalue weighted by molar-refractivity contribution is -0.132. The highest BCUT2D eigenvalue weighted by Gasteiger charge is 2.27. The first-order valence-corrected chi connectivity index (χ1v) is 10.8. The Morgan fingerprint density at radius 2 is 1.57 bits per heavy atom. The summed E-state index contributed by atoms with van der Waals surface area (Å²) in [7, 11) is 0. The van der Waals surface area contributed by atoms with E-state index in [2.05, 4.69) is 53.8 Å². The summed E-state index contributed by atoms with van der Waals surface area (Å²) in [6.45, 7) is 0.799. The number of aliphatic hydroxyl groups is 1. The Balaban J connectivity index is 1.54. The Hall–Kier alpha value is -2.77. The zero-order valence-corrected chi connectivity index (χ0v) is 17.3. The van der Waals surface area contributed by atoms with Crippen LogP contribution in [0.1, 0.15) is 30.4 Å². The normalized spacial score (nSPS) is 16.5. The number of amides is 2. The number of hydrogen-bond donors (Lipinski definition) is 3. The van der Waals surface area contributed by atoms with Gasteiger partial charge in [-0.2, -0.15) is 0 Å². The van der Waals surface area contributed by atoms with Crippen molar-refractivity contribution in [3.63, 3.8) is 0 Å². The molecular formula is C23H24N2O4S. The predicted molar refractivity (Wildman–Crippen MR) is 115 cm³/mol. The number of piperidine rings is 1. The molecule has 2 heterocycles. The molecule has 3 N–H and O–H groups in total. The molecule has 0 spiro atoms. The first-order chi connectivity index (χ1) is 14.6. The van der Waals surface area contributed by atoms with Crippen LogP contribution >= 0.6 is 11.8 Å². The quantitative estimate of drug-likeness (QED) is 0.596. The molecule has 0 aromatic heterocycles. The molecule has 2 aliphatic rings. The molecule has 1 fully saturated rings. The maximum absolute atomic E-state index is 12.6. The molecule has 4 rings (SSSR count). The van der Waals surface area contributed by atoms with Crippen LogP contribution in [0, 0.1) is 0 Å². The van der Waals surface area contributed by atoms with E-state index in [9.17, 15) is 14.7 Å². The van der Waals surface area contributed by atoms with E-state index in [4.69, 9.17) is 5.11 Å². The van der Waals surface area contributed by atoms with Gasteiger partial charge in [-0.15, -0.1) is 0 Å².